The molecular formula is C18H18N+. The van der Waals surface area contributed by atoms with Gasteiger partial charge in [-0.1, -0.05) is 30.3 Å². The molecule has 0 aliphatic rings. The molecule has 94 valence electrons. The number of nitrogens with zero attached hydrogens (tertiary/aromatic N) is 1. The lowest BCUT2D eigenvalue weighted by Gasteiger charge is -2.09. The van der Waals surface area contributed by atoms with Gasteiger partial charge in [0.15, 0.2) is 0 Å². The topological polar surface area (TPSA) is 3.88 Å². The SMILES string of the molecule is Cc1ccccc1-c1c(C)cc2ccccc2[n+]1C. The Bertz CT molecular complexity index is 757. The van der Waals surface area contributed by atoms with E-state index in [1.165, 1.54) is 33.3 Å². The van der Waals surface area contributed by atoms with Crippen LogP contribution in [0.3, 0.4) is 0 Å². The predicted octanol–water partition coefficient (Wildman–Crippen LogP) is 3.95. The van der Waals surface area contributed by atoms with Crippen molar-refractivity contribution < 1.29 is 4.57 Å². The average Bonchev–Trinajstić information content (AvgIpc) is 2.41. The van der Waals surface area contributed by atoms with Gasteiger partial charge in [0.2, 0.25) is 11.2 Å². The summed E-state index contributed by atoms with van der Waals surface area (Å²) in [5.74, 6) is 0. The zero-order valence-corrected chi connectivity index (χ0v) is 11.6. The van der Waals surface area contributed by atoms with E-state index in [1.807, 2.05) is 0 Å². The van der Waals surface area contributed by atoms with Gasteiger partial charge in [0.05, 0.1) is 0 Å². The van der Waals surface area contributed by atoms with Crippen molar-refractivity contribution in [1.29, 1.82) is 0 Å². The number of hydrogen-bond acceptors (Lipinski definition) is 0. The van der Waals surface area contributed by atoms with E-state index in [4.69, 9.17) is 0 Å². The van der Waals surface area contributed by atoms with Crippen LogP contribution in [0.15, 0.2) is 54.6 Å². The lowest BCUT2D eigenvalue weighted by atomic mass is 10.00. The summed E-state index contributed by atoms with van der Waals surface area (Å²) in [6.07, 6.45) is 0. The van der Waals surface area contributed by atoms with Crippen LogP contribution in [0.1, 0.15) is 11.1 Å². The molecule has 2 aromatic carbocycles. The van der Waals surface area contributed by atoms with Crippen molar-refractivity contribution >= 4 is 10.9 Å². The maximum absolute atomic E-state index is 2.30. The zero-order chi connectivity index (χ0) is 13.4. The minimum absolute atomic E-state index is 1.27. The van der Waals surface area contributed by atoms with E-state index in [0.29, 0.717) is 0 Å². The Kier molecular flexibility index (Phi) is 2.83. The molecule has 0 unspecified atom stereocenters. The Balaban J connectivity index is 2.39. The van der Waals surface area contributed by atoms with Crippen molar-refractivity contribution in [3.63, 3.8) is 0 Å². The molecule has 3 rings (SSSR count). The molecule has 1 aromatic heterocycles. The normalized spacial score (nSPS) is 10.9. The van der Waals surface area contributed by atoms with E-state index in [0.717, 1.165) is 0 Å². The third-order valence-electron chi connectivity index (χ3n) is 3.78. The van der Waals surface area contributed by atoms with Gasteiger partial charge in [0.25, 0.3) is 0 Å². The summed E-state index contributed by atoms with van der Waals surface area (Å²) in [6, 6.07) is 19.4. The summed E-state index contributed by atoms with van der Waals surface area (Å²) >= 11 is 0. The first-order chi connectivity index (χ1) is 9.18. The van der Waals surface area contributed by atoms with Gasteiger partial charge in [0.1, 0.15) is 7.05 Å². The van der Waals surface area contributed by atoms with Gasteiger partial charge in [-0.05, 0) is 37.6 Å². The van der Waals surface area contributed by atoms with Gasteiger partial charge in [-0.15, -0.1) is 0 Å². The molecule has 1 heterocycles. The third-order valence-corrected chi connectivity index (χ3v) is 3.78. The number of aryl methyl sites for hydroxylation is 3. The van der Waals surface area contributed by atoms with Crippen molar-refractivity contribution in [3.05, 3.63) is 65.7 Å². The van der Waals surface area contributed by atoms with Gasteiger partial charge in [-0.25, -0.2) is 0 Å². The van der Waals surface area contributed by atoms with Crippen LogP contribution in [-0.4, -0.2) is 0 Å². The molecule has 3 aromatic rings. The van der Waals surface area contributed by atoms with Gasteiger partial charge < -0.3 is 0 Å². The molecule has 0 N–H and O–H groups in total. The minimum Gasteiger partial charge on any atom is -0.194 e. The molecule has 19 heavy (non-hydrogen) atoms. The lowest BCUT2D eigenvalue weighted by molar-refractivity contribution is -0.633. The molecule has 0 fully saturated rings. The first-order valence-corrected chi connectivity index (χ1v) is 6.63. The zero-order valence-electron chi connectivity index (χ0n) is 11.6. The molecule has 0 aliphatic carbocycles. The van der Waals surface area contributed by atoms with Crippen molar-refractivity contribution in [2.45, 2.75) is 13.8 Å². The highest BCUT2D eigenvalue weighted by Gasteiger charge is 2.18. The van der Waals surface area contributed by atoms with Crippen molar-refractivity contribution in [1.82, 2.24) is 0 Å². The van der Waals surface area contributed by atoms with E-state index < -0.39 is 0 Å². The number of fused-ring (bicyclic) bond motifs is 1. The number of hydrogen-bond donors (Lipinski definition) is 0. The molecule has 0 saturated heterocycles. The number of benzene rings is 2. The van der Waals surface area contributed by atoms with Crippen LogP contribution in [-0.2, 0) is 7.05 Å². The molecule has 0 bridgehead atoms. The van der Waals surface area contributed by atoms with Gasteiger partial charge in [-0.2, -0.15) is 4.57 Å². The number of aromatic nitrogens is 1. The van der Waals surface area contributed by atoms with E-state index in [1.54, 1.807) is 0 Å². The highest BCUT2D eigenvalue weighted by atomic mass is 14.9. The predicted molar refractivity (Wildman–Crippen MR) is 80.0 cm³/mol. The lowest BCUT2D eigenvalue weighted by Crippen LogP contribution is -2.33. The van der Waals surface area contributed by atoms with Crippen molar-refractivity contribution in [2.75, 3.05) is 0 Å². The largest absolute Gasteiger partial charge is 0.215 e. The van der Waals surface area contributed by atoms with E-state index >= 15 is 0 Å². The first-order valence-electron chi connectivity index (χ1n) is 6.63. The summed E-state index contributed by atoms with van der Waals surface area (Å²) in [6.45, 7) is 4.36. The van der Waals surface area contributed by atoms with Crippen LogP contribution in [0.25, 0.3) is 22.2 Å². The summed E-state index contributed by atoms with van der Waals surface area (Å²) in [7, 11) is 2.15. The van der Waals surface area contributed by atoms with Crippen LogP contribution in [0.5, 0.6) is 0 Å². The quantitative estimate of drug-likeness (QED) is 0.574. The third kappa shape index (κ3) is 1.91. The molecule has 0 amide bonds. The minimum atomic E-state index is 1.27. The summed E-state index contributed by atoms with van der Waals surface area (Å²) < 4.78 is 2.30. The van der Waals surface area contributed by atoms with Crippen LogP contribution < -0.4 is 4.57 Å². The fraction of sp³-hybridized carbons (Fsp3) is 0.167. The van der Waals surface area contributed by atoms with Crippen LogP contribution in [0.2, 0.25) is 0 Å². The monoisotopic (exact) mass is 248 g/mol. The molecule has 0 spiro atoms. The van der Waals surface area contributed by atoms with Crippen LogP contribution in [0, 0.1) is 13.8 Å². The van der Waals surface area contributed by atoms with Crippen LogP contribution in [0.4, 0.5) is 0 Å². The second kappa shape index (κ2) is 4.51. The van der Waals surface area contributed by atoms with Gasteiger partial charge in [-0.3, -0.25) is 0 Å². The second-order valence-corrected chi connectivity index (χ2v) is 5.11. The average molecular weight is 248 g/mol. The molecule has 0 aliphatic heterocycles. The molecule has 0 atom stereocenters. The molecule has 1 heteroatoms. The molecule has 0 radical (unpaired) electrons. The van der Waals surface area contributed by atoms with E-state index in [-0.39, 0.29) is 0 Å². The number of pyridine rings is 1. The fourth-order valence-corrected chi connectivity index (χ4v) is 2.83. The Morgan fingerprint density at radius 2 is 1.47 bits per heavy atom. The summed E-state index contributed by atoms with van der Waals surface area (Å²) in [5.41, 5.74) is 6.52. The van der Waals surface area contributed by atoms with Crippen LogP contribution >= 0.6 is 0 Å². The second-order valence-electron chi connectivity index (χ2n) is 5.11. The Hall–Kier alpha value is -2.15. The smallest absolute Gasteiger partial charge is 0.194 e. The highest BCUT2D eigenvalue weighted by Crippen LogP contribution is 2.25. The first kappa shape index (κ1) is 11.9. The Labute approximate surface area is 114 Å². The Morgan fingerprint density at radius 1 is 0.789 bits per heavy atom. The van der Waals surface area contributed by atoms with E-state index in [9.17, 15) is 0 Å². The van der Waals surface area contributed by atoms with E-state index in [2.05, 4.69) is 80.1 Å². The highest BCUT2D eigenvalue weighted by molar-refractivity contribution is 5.79. The van der Waals surface area contributed by atoms with Crippen molar-refractivity contribution in [3.8, 4) is 11.3 Å². The molecular weight excluding hydrogens is 230 g/mol. The maximum Gasteiger partial charge on any atom is 0.215 e. The fourth-order valence-electron chi connectivity index (χ4n) is 2.83. The molecule has 0 saturated carbocycles. The maximum atomic E-state index is 2.30. The van der Waals surface area contributed by atoms with Crippen molar-refractivity contribution in [2.24, 2.45) is 7.05 Å². The molecule has 1 nitrogen and oxygen atoms in total. The van der Waals surface area contributed by atoms with Gasteiger partial charge in [0, 0.05) is 22.6 Å². The standard InChI is InChI=1S/C18H18N/c1-13-8-4-6-10-16(13)18-14(2)12-15-9-5-7-11-17(15)19(18)3/h4-12H,1-3H3/q+1. The van der Waals surface area contributed by atoms with Gasteiger partial charge >= 0.3 is 0 Å². The number of para-hydroxylation sites is 1. The summed E-state index contributed by atoms with van der Waals surface area (Å²) in [4.78, 5) is 0. The number of rotatable bonds is 1. The summed E-state index contributed by atoms with van der Waals surface area (Å²) in [5, 5.41) is 1.29. The Morgan fingerprint density at radius 3 is 2.26 bits per heavy atom.